The van der Waals surface area contributed by atoms with E-state index in [1.807, 2.05) is 6.92 Å². The Bertz CT molecular complexity index is 522. The summed E-state index contributed by atoms with van der Waals surface area (Å²) in [5.41, 5.74) is 4.40. The van der Waals surface area contributed by atoms with Crippen molar-refractivity contribution in [2.24, 2.45) is 0 Å². The lowest BCUT2D eigenvalue weighted by atomic mass is 9.89. The summed E-state index contributed by atoms with van der Waals surface area (Å²) in [6.07, 6.45) is 7.39. The van der Waals surface area contributed by atoms with E-state index < -0.39 is 0 Å². The summed E-state index contributed by atoms with van der Waals surface area (Å²) in [6, 6.07) is 7.67. The summed E-state index contributed by atoms with van der Waals surface area (Å²) in [5.74, 6) is 0.183. The molecule has 1 saturated carbocycles. The van der Waals surface area contributed by atoms with Crippen LogP contribution in [0.4, 0.5) is 0 Å². The lowest BCUT2D eigenvalue weighted by Gasteiger charge is -2.20. The van der Waals surface area contributed by atoms with Gasteiger partial charge in [0.05, 0.1) is 0 Å². The van der Waals surface area contributed by atoms with E-state index >= 15 is 0 Å². The molecular formula is C18H27N2O+. The zero-order valence-corrected chi connectivity index (χ0v) is 13.2. The third-order valence-electron chi connectivity index (χ3n) is 4.81. The second-order valence-electron chi connectivity index (χ2n) is 6.79. The number of quaternary nitrogens is 1. The molecule has 0 bridgehead atoms. The molecule has 0 radical (unpaired) electrons. The Morgan fingerprint density at radius 1 is 1.19 bits per heavy atom. The monoisotopic (exact) mass is 287 g/mol. The molecule has 0 saturated heterocycles. The lowest BCUT2D eigenvalue weighted by molar-refractivity contribution is -0.710. The number of nitrogens with two attached hydrogens (primary N) is 1. The number of aryl methyl sites for hydroxylation is 2. The minimum atomic E-state index is -0.0170. The van der Waals surface area contributed by atoms with Crippen molar-refractivity contribution in [3.63, 3.8) is 0 Å². The van der Waals surface area contributed by atoms with Gasteiger partial charge in [-0.15, -0.1) is 0 Å². The fourth-order valence-electron chi connectivity index (χ4n) is 3.23. The molecule has 2 atom stereocenters. The van der Waals surface area contributed by atoms with Gasteiger partial charge >= 0.3 is 0 Å². The molecule has 1 aromatic carbocycles. The third kappa shape index (κ3) is 3.65. The van der Waals surface area contributed by atoms with Crippen molar-refractivity contribution >= 4 is 5.91 Å². The van der Waals surface area contributed by atoms with Gasteiger partial charge in [0.15, 0.2) is 6.04 Å². The topological polar surface area (TPSA) is 45.7 Å². The molecule has 3 heteroatoms. The highest BCUT2D eigenvalue weighted by atomic mass is 16.2. The highest BCUT2D eigenvalue weighted by Gasteiger charge is 2.28. The maximum Gasteiger partial charge on any atom is 0.278 e. The Kier molecular flexibility index (Phi) is 4.29. The first kappa shape index (κ1) is 14.6. The van der Waals surface area contributed by atoms with Gasteiger partial charge in [-0.2, -0.15) is 0 Å². The van der Waals surface area contributed by atoms with Gasteiger partial charge in [0, 0.05) is 11.6 Å². The predicted molar refractivity (Wildman–Crippen MR) is 84.1 cm³/mol. The minimum absolute atomic E-state index is 0.0170. The number of carbonyl (C=O) groups is 1. The number of rotatable bonds is 5. The van der Waals surface area contributed by atoms with Crippen molar-refractivity contribution in [1.29, 1.82) is 0 Å². The van der Waals surface area contributed by atoms with Crippen molar-refractivity contribution in [2.75, 3.05) is 0 Å². The Morgan fingerprint density at radius 2 is 1.90 bits per heavy atom. The van der Waals surface area contributed by atoms with Gasteiger partial charge in [0.1, 0.15) is 6.04 Å². The molecular weight excluding hydrogens is 260 g/mol. The Hall–Kier alpha value is -1.35. The highest BCUT2D eigenvalue weighted by Crippen LogP contribution is 2.24. The van der Waals surface area contributed by atoms with Gasteiger partial charge in [-0.05, 0) is 69.6 Å². The summed E-state index contributed by atoms with van der Waals surface area (Å²) in [6.45, 7) is 4.21. The molecule has 21 heavy (non-hydrogen) atoms. The molecule has 2 aliphatic carbocycles. The first-order valence-electron chi connectivity index (χ1n) is 8.40. The van der Waals surface area contributed by atoms with Crippen LogP contribution in [-0.4, -0.2) is 18.0 Å². The van der Waals surface area contributed by atoms with Crippen molar-refractivity contribution in [3.8, 4) is 0 Å². The number of hydrogen-bond donors (Lipinski definition) is 2. The van der Waals surface area contributed by atoms with Crippen LogP contribution in [0.1, 0.15) is 62.3 Å². The summed E-state index contributed by atoms with van der Waals surface area (Å²) in [4.78, 5) is 12.1. The van der Waals surface area contributed by atoms with Crippen LogP contribution >= 0.6 is 0 Å². The van der Waals surface area contributed by atoms with Gasteiger partial charge in [0.2, 0.25) is 0 Å². The fourth-order valence-corrected chi connectivity index (χ4v) is 3.23. The lowest BCUT2D eigenvalue weighted by Crippen LogP contribution is -2.92. The maximum absolute atomic E-state index is 12.1. The van der Waals surface area contributed by atoms with Crippen LogP contribution in [-0.2, 0) is 17.6 Å². The number of carbonyl (C=O) groups excluding carboxylic acids is 1. The Labute approximate surface area is 127 Å². The first-order chi connectivity index (χ1) is 10.1. The van der Waals surface area contributed by atoms with E-state index in [1.54, 1.807) is 0 Å². The average molecular weight is 287 g/mol. The number of fused-ring (bicyclic) bond motifs is 1. The molecule has 3 nitrogen and oxygen atoms in total. The largest absolute Gasteiger partial charge is 0.348 e. The van der Waals surface area contributed by atoms with Gasteiger partial charge in [0.25, 0.3) is 5.91 Å². The van der Waals surface area contributed by atoms with Gasteiger partial charge in [-0.3, -0.25) is 4.79 Å². The normalized spacial score (nSPS) is 20.5. The van der Waals surface area contributed by atoms with Crippen LogP contribution < -0.4 is 10.6 Å². The zero-order chi connectivity index (χ0) is 14.8. The quantitative estimate of drug-likeness (QED) is 0.853. The predicted octanol–water partition coefficient (Wildman–Crippen LogP) is 1.86. The van der Waals surface area contributed by atoms with Crippen molar-refractivity contribution in [3.05, 3.63) is 34.9 Å². The number of nitrogens with one attached hydrogen (secondary N) is 1. The number of amides is 1. The molecule has 0 spiro atoms. The molecule has 1 aromatic rings. The maximum atomic E-state index is 12.1. The van der Waals surface area contributed by atoms with E-state index in [4.69, 9.17) is 0 Å². The second-order valence-corrected chi connectivity index (χ2v) is 6.79. The Balaban J connectivity index is 1.61. The van der Waals surface area contributed by atoms with Crippen LogP contribution in [0.15, 0.2) is 18.2 Å². The number of benzene rings is 1. The van der Waals surface area contributed by atoms with Crippen molar-refractivity contribution < 1.29 is 10.1 Å². The van der Waals surface area contributed by atoms with Crippen molar-refractivity contribution in [1.82, 2.24) is 5.32 Å². The minimum Gasteiger partial charge on any atom is -0.348 e. The van der Waals surface area contributed by atoms with E-state index in [0.717, 1.165) is 12.8 Å². The van der Waals surface area contributed by atoms with Crippen molar-refractivity contribution in [2.45, 2.75) is 70.5 Å². The highest BCUT2D eigenvalue weighted by molar-refractivity contribution is 5.80. The summed E-state index contributed by atoms with van der Waals surface area (Å²) < 4.78 is 0. The summed E-state index contributed by atoms with van der Waals surface area (Å²) >= 11 is 0. The van der Waals surface area contributed by atoms with Crippen LogP contribution in [0, 0.1) is 0 Å². The SMILES string of the molecule is C[C@H]([NH2+][C@H](C)c1ccc2c(c1)CCCC2)C(=O)NC1CC1. The summed E-state index contributed by atoms with van der Waals surface area (Å²) in [7, 11) is 0. The fraction of sp³-hybridized carbons (Fsp3) is 0.611. The van der Waals surface area contributed by atoms with Crippen LogP contribution in [0.25, 0.3) is 0 Å². The molecule has 0 unspecified atom stereocenters. The van der Waals surface area contributed by atoms with E-state index in [-0.39, 0.29) is 11.9 Å². The first-order valence-corrected chi connectivity index (χ1v) is 8.40. The smallest absolute Gasteiger partial charge is 0.278 e. The molecule has 0 aromatic heterocycles. The molecule has 1 fully saturated rings. The van der Waals surface area contributed by atoms with E-state index in [9.17, 15) is 4.79 Å². The van der Waals surface area contributed by atoms with Crippen LogP contribution in [0.5, 0.6) is 0 Å². The van der Waals surface area contributed by atoms with Crippen LogP contribution in [0.2, 0.25) is 0 Å². The molecule has 0 aliphatic heterocycles. The van der Waals surface area contributed by atoms with Gasteiger partial charge in [-0.1, -0.05) is 12.1 Å². The molecule has 114 valence electrons. The molecule has 3 N–H and O–H groups in total. The van der Waals surface area contributed by atoms with E-state index in [2.05, 4.69) is 35.8 Å². The Morgan fingerprint density at radius 3 is 2.62 bits per heavy atom. The zero-order valence-electron chi connectivity index (χ0n) is 13.2. The average Bonchev–Trinajstić information content (AvgIpc) is 3.30. The molecule has 2 aliphatic rings. The molecule has 1 amide bonds. The third-order valence-corrected chi connectivity index (χ3v) is 4.81. The number of hydrogen-bond acceptors (Lipinski definition) is 1. The van der Waals surface area contributed by atoms with Gasteiger partial charge in [-0.25, -0.2) is 0 Å². The second kappa shape index (κ2) is 6.18. The summed E-state index contributed by atoms with van der Waals surface area (Å²) in [5, 5.41) is 5.27. The van der Waals surface area contributed by atoms with Gasteiger partial charge < -0.3 is 10.6 Å². The van der Waals surface area contributed by atoms with E-state index in [0.29, 0.717) is 12.1 Å². The molecule has 0 heterocycles. The standard InChI is InChI=1S/C18H26N2O/c1-12(19-13(2)18(21)20-17-9-10-17)15-8-7-14-5-3-4-6-16(14)11-15/h7-8,11-13,17,19H,3-6,9-10H2,1-2H3,(H,20,21)/p+1/t12-,13+/m1/s1. The van der Waals surface area contributed by atoms with Crippen LogP contribution in [0.3, 0.4) is 0 Å². The molecule has 3 rings (SSSR count). The van der Waals surface area contributed by atoms with E-state index in [1.165, 1.54) is 42.4 Å².